The van der Waals surface area contributed by atoms with E-state index in [1.54, 1.807) is 36.4 Å². The molecule has 51 heavy (non-hydrogen) atoms. The second kappa shape index (κ2) is 14.6. The fourth-order valence-electron chi connectivity index (χ4n) is 5.82. The van der Waals surface area contributed by atoms with Crippen LogP contribution in [0.25, 0.3) is 0 Å². The molecule has 0 saturated carbocycles. The van der Waals surface area contributed by atoms with Gasteiger partial charge in [0.1, 0.15) is 22.1 Å². The second-order valence-electron chi connectivity index (χ2n) is 12.9. The highest BCUT2D eigenvalue weighted by Gasteiger charge is 2.36. The average Bonchev–Trinajstić information content (AvgIpc) is 3.53. The van der Waals surface area contributed by atoms with E-state index < -0.39 is 34.4 Å². The molecule has 5 aromatic carbocycles. The Hall–Kier alpha value is -5.74. The fraction of sp³-hybridized carbons (Fsp3) is 0.195. The van der Waals surface area contributed by atoms with Crippen LogP contribution in [0.15, 0.2) is 132 Å². The van der Waals surface area contributed by atoms with E-state index in [-0.39, 0.29) is 40.5 Å². The van der Waals surface area contributed by atoms with Crippen LogP contribution in [-0.2, 0) is 29.9 Å². The lowest BCUT2D eigenvalue weighted by atomic mass is 9.78. The summed E-state index contributed by atoms with van der Waals surface area (Å²) >= 11 is 0. The molecule has 0 unspecified atom stereocenters. The van der Waals surface area contributed by atoms with Gasteiger partial charge < -0.3 is 18.6 Å². The number of anilines is 1. The molecule has 0 spiro atoms. The van der Waals surface area contributed by atoms with Gasteiger partial charge >= 0.3 is 16.1 Å². The van der Waals surface area contributed by atoms with Crippen LogP contribution < -0.4 is 13.8 Å². The summed E-state index contributed by atoms with van der Waals surface area (Å²) < 4.78 is 41.6. The largest absolute Gasteiger partial charge is 0.457 e. The minimum absolute atomic E-state index is 0.0102. The molecule has 0 bridgehead atoms. The number of amides is 1. The number of hydrogen-bond acceptors (Lipinski definition) is 8. The van der Waals surface area contributed by atoms with E-state index in [1.165, 1.54) is 46.9 Å². The maximum absolute atomic E-state index is 12.8. The van der Waals surface area contributed by atoms with Gasteiger partial charge in [-0.05, 0) is 90.8 Å². The number of carbonyl (C=O) groups excluding carboxylic acids is 3. The first kappa shape index (κ1) is 35.1. The van der Waals surface area contributed by atoms with Gasteiger partial charge in [0.15, 0.2) is 12.4 Å². The van der Waals surface area contributed by atoms with Gasteiger partial charge in [0.25, 0.3) is 0 Å². The van der Waals surface area contributed by atoms with Crippen molar-refractivity contribution in [3.63, 3.8) is 0 Å². The average molecular weight is 704 g/mol. The Bertz CT molecular complexity index is 2130. The normalized spacial score (nSPS) is 14.6. The number of Topliss-reactive ketones (excluding diaryl/α,β-unsaturated/α-hetero) is 1. The van der Waals surface area contributed by atoms with Crippen molar-refractivity contribution in [3.8, 4) is 17.2 Å². The van der Waals surface area contributed by atoms with Crippen molar-refractivity contribution in [1.82, 2.24) is 0 Å². The standard InChI is InChI=1S/C41H37NO8S/c1-28-9-23-37(24-10-28)51(46,47)50-36-17-11-29(12-18-36)38(43)27-48-40(45)30-25-39(44)42(26-30)33-15-21-35(22-16-33)49-34-19-13-32(14-20-34)41(2,3)31-7-5-4-6-8-31/h4-24,30H,25-27H2,1-3H3/t30-/m0/s1. The molecule has 5 aromatic rings. The van der Waals surface area contributed by atoms with Crippen LogP contribution in [0.4, 0.5) is 5.69 Å². The van der Waals surface area contributed by atoms with Crippen LogP contribution in [0, 0.1) is 12.8 Å². The molecule has 10 heteroatoms. The van der Waals surface area contributed by atoms with Gasteiger partial charge in [-0.15, -0.1) is 0 Å². The molecular weight excluding hydrogens is 667 g/mol. The van der Waals surface area contributed by atoms with Crippen molar-refractivity contribution in [2.45, 2.75) is 37.5 Å². The highest BCUT2D eigenvalue weighted by molar-refractivity contribution is 7.87. The summed E-state index contributed by atoms with van der Waals surface area (Å²) in [6, 6.07) is 37.1. The predicted octanol–water partition coefficient (Wildman–Crippen LogP) is 7.66. The molecule has 1 fully saturated rings. The van der Waals surface area contributed by atoms with Crippen LogP contribution in [0.3, 0.4) is 0 Å². The maximum Gasteiger partial charge on any atom is 0.339 e. The molecule has 0 N–H and O–H groups in total. The lowest BCUT2D eigenvalue weighted by Crippen LogP contribution is -2.27. The number of benzene rings is 5. The first-order chi connectivity index (χ1) is 24.4. The van der Waals surface area contributed by atoms with Crippen molar-refractivity contribution in [3.05, 3.63) is 150 Å². The van der Waals surface area contributed by atoms with E-state index in [2.05, 4.69) is 38.1 Å². The first-order valence-corrected chi connectivity index (χ1v) is 17.9. The number of rotatable bonds is 12. The molecule has 1 amide bonds. The molecule has 1 atom stereocenters. The summed E-state index contributed by atoms with van der Waals surface area (Å²) in [6.45, 7) is 5.80. The molecule has 1 heterocycles. The molecule has 0 radical (unpaired) electrons. The maximum atomic E-state index is 12.8. The molecule has 260 valence electrons. The minimum atomic E-state index is -4.04. The van der Waals surface area contributed by atoms with E-state index in [9.17, 15) is 22.8 Å². The molecule has 0 aromatic heterocycles. The number of hydrogen-bond donors (Lipinski definition) is 0. The van der Waals surface area contributed by atoms with E-state index in [0.717, 1.165) is 11.1 Å². The predicted molar refractivity (Wildman–Crippen MR) is 193 cm³/mol. The van der Waals surface area contributed by atoms with Crippen molar-refractivity contribution < 1.29 is 36.5 Å². The number of carbonyl (C=O) groups is 3. The SMILES string of the molecule is Cc1ccc(S(=O)(=O)Oc2ccc(C(=O)COC(=O)[C@H]3CC(=O)N(c4ccc(Oc5ccc(C(C)(C)c6ccccc6)cc5)cc4)C3)cc2)cc1. The Morgan fingerprint density at radius 2 is 1.31 bits per heavy atom. The van der Waals surface area contributed by atoms with Crippen LogP contribution in [0.5, 0.6) is 17.2 Å². The monoisotopic (exact) mass is 703 g/mol. The number of ether oxygens (including phenoxy) is 2. The van der Waals surface area contributed by atoms with Crippen molar-refractivity contribution >= 4 is 33.5 Å². The third-order valence-corrected chi connectivity index (χ3v) is 10.2. The van der Waals surface area contributed by atoms with E-state index in [0.29, 0.717) is 17.2 Å². The second-order valence-corrected chi connectivity index (χ2v) is 14.5. The van der Waals surface area contributed by atoms with Crippen molar-refractivity contribution in [2.24, 2.45) is 5.92 Å². The summed E-state index contributed by atoms with van der Waals surface area (Å²) in [7, 11) is -4.04. The molecule has 9 nitrogen and oxygen atoms in total. The van der Waals surface area contributed by atoms with Crippen LogP contribution in [0.1, 0.15) is 47.3 Å². The van der Waals surface area contributed by atoms with Crippen molar-refractivity contribution in [2.75, 3.05) is 18.1 Å². The van der Waals surface area contributed by atoms with Gasteiger partial charge in [0.2, 0.25) is 5.91 Å². The lowest BCUT2D eigenvalue weighted by molar-refractivity contribution is -0.147. The summed E-state index contributed by atoms with van der Waals surface area (Å²) in [5.74, 6) is -0.787. The van der Waals surface area contributed by atoms with Crippen LogP contribution in [-0.4, -0.2) is 39.2 Å². The summed E-state index contributed by atoms with van der Waals surface area (Å²) in [6.07, 6.45) is -0.0432. The van der Waals surface area contributed by atoms with Gasteiger partial charge in [-0.3, -0.25) is 14.4 Å². The topological polar surface area (TPSA) is 116 Å². The number of nitrogens with zero attached hydrogens (tertiary/aromatic N) is 1. The molecule has 1 saturated heterocycles. The third-order valence-electron chi connectivity index (χ3n) is 8.95. The Labute approximate surface area is 297 Å². The zero-order chi connectivity index (χ0) is 36.2. The minimum Gasteiger partial charge on any atom is -0.457 e. The lowest BCUT2D eigenvalue weighted by Gasteiger charge is -2.26. The zero-order valence-corrected chi connectivity index (χ0v) is 29.3. The summed E-state index contributed by atoms with van der Waals surface area (Å²) in [4.78, 5) is 39.9. The van der Waals surface area contributed by atoms with Crippen molar-refractivity contribution in [1.29, 1.82) is 0 Å². The Balaban J connectivity index is 0.990. The first-order valence-electron chi connectivity index (χ1n) is 16.4. The Morgan fingerprint density at radius 3 is 1.94 bits per heavy atom. The number of aryl methyl sites for hydroxylation is 1. The van der Waals surface area contributed by atoms with Gasteiger partial charge in [-0.25, -0.2) is 0 Å². The van der Waals surface area contributed by atoms with E-state index in [1.807, 2.05) is 37.3 Å². The van der Waals surface area contributed by atoms with E-state index in [4.69, 9.17) is 13.7 Å². The van der Waals surface area contributed by atoms with Crippen LogP contribution in [0.2, 0.25) is 0 Å². The van der Waals surface area contributed by atoms with E-state index >= 15 is 0 Å². The Morgan fingerprint density at radius 1 is 0.745 bits per heavy atom. The van der Waals surface area contributed by atoms with Gasteiger partial charge in [0, 0.05) is 29.6 Å². The van der Waals surface area contributed by atoms with Gasteiger partial charge in [-0.1, -0.05) is 74.0 Å². The quantitative estimate of drug-likeness (QED) is 0.0739. The summed E-state index contributed by atoms with van der Waals surface area (Å²) in [5.41, 5.74) is 3.96. The third kappa shape index (κ3) is 8.19. The van der Waals surface area contributed by atoms with Gasteiger partial charge in [-0.2, -0.15) is 8.42 Å². The van der Waals surface area contributed by atoms with Crippen LogP contribution >= 0.6 is 0 Å². The number of esters is 1. The molecular formula is C41H37NO8S. The number of ketones is 1. The summed E-state index contributed by atoms with van der Waals surface area (Å²) in [5, 5.41) is 0. The highest BCUT2D eigenvalue weighted by Crippen LogP contribution is 2.34. The fourth-order valence-corrected chi connectivity index (χ4v) is 6.75. The molecule has 6 rings (SSSR count). The van der Waals surface area contributed by atoms with Gasteiger partial charge in [0.05, 0.1) is 5.92 Å². The highest BCUT2D eigenvalue weighted by atomic mass is 32.2. The molecule has 0 aliphatic carbocycles. The zero-order valence-electron chi connectivity index (χ0n) is 28.4. The smallest absolute Gasteiger partial charge is 0.339 e. The Kier molecular flexibility index (Phi) is 10.1. The molecule has 1 aliphatic rings. The molecule has 1 aliphatic heterocycles.